The molecule has 4 nitrogen and oxygen atoms in total. The summed E-state index contributed by atoms with van der Waals surface area (Å²) in [7, 11) is 3.42. The number of methoxy groups -OCH3 is 2. The van der Waals surface area contributed by atoms with Crippen LogP contribution in [0, 0.1) is 0 Å². The third-order valence-corrected chi connectivity index (χ3v) is 3.02. The lowest BCUT2D eigenvalue weighted by Gasteiger charge is -2.36. The molecule has 2 unspecified atom stereocenters. The van der Waals surface area contributed by atoms with Crippen molar-refractivity contribution in [3.63, 3.8) is 0 Å². The summed E-state index contributed by atoms with van der Waals surface area (Å²) in [6.07, 6.45) is 2.26. The largest absolute Gasteiger partial charge is 0.382 e. The Morgan fingerprint density at radius 2 is 2.19 bits per heavy atom. The van der Waals surface area contributed by atoms with Crippen LogP contribution in [0.15, 0.2) is 0 Å². The standard InChI is InChI=1S/C12H25NO3/c1-12(2)7-10(5-6-16-12)13-8-11(15-4)9-14-3/h10-11,13H,5-9H2,1-4H3. The maximum Gasteiger partial charge on any atom is 0.0928 e. The lowest BCUT2D eigenvalue weighted by Crippen LogP contribution is -2.46. The summed E-state index contributed by atoms with van der Waals surface area (Å²) in [5.41, 5.74) is -0.000257. The van der Waals surface area contributed by atoms with E-state index in [1.165, 1.54) is 0 Å². The van der Waals surface area contributed by atoms with Crippen LogP contribution in [0.5, 0.6) is 0 Å². The molecule has 16 heavy (non-hydrogen) atoms. The first kappa shape index (κ1) is 13.9. The van der Waals surface area contributed by atoms with E-state index >= 15 is 0 Å². The zero-order valence-electron chi connectivity index (χ0n) is 10.9. The zero-order chi connectivity index (χ0) is 12.0. The van der Waals surface area contributed by atoms with Crippen molar-refractivity contribution < 1.29 is 14.2 Å². The van der Waals surface area contributed by atoms with Crippen LogP contribution in [0.2, 0.25) is 0 Å². The highest BCUT2D eigenvalue weighted by Gasteiger charge is 2.28. The first-order valence-electron chi connectivity index (χ1n) is 5.96. The molecule has 96 valence electrons. The number of rotatable bonds is 6. The normalized spacial score (nSPS) is 26.6. The van der Waals surface area contributed by atoms with Crippen molar-refractivity contribution in [2.24, 2.45) is 0 Å². The summed E-state index contributed by atoms with van der Waals surface area (Å²) >= 11 is 0. The minimum Gasteiger partial charge on any atom is -0.382 e. The number of ether oxygens (including phenoxy) is 3. The van der Waals surface area contributed by atoms with Gasteiger partial charge in [-0.25, -0.2) is 0 Å². The van der Waals surface area contributed by atoms with Gasteiger partial charge in [-0.1, -0.05) is 0 Å². The molecule has 1 heterocycles. The fourth-order valence-electron chi connectivity index (χ4n) is 2.10. The summed E-state index contributed by atoms with van der Waals surface area (Å²) in [5.74, 6) is 0. The Bertz CT molecular complexity index is 197. The quantitative estimate of drug-likeness (QED) is 0.745. The van der Waals surface area contributed by atoms with Gasteiger partial charge in [0.15, 0.2) is 0 Å². The number of hydrogen-bond donors (Lipinski definition) is 1. The average molecular weight is 231 g/mol. The van der Waals surface area contributed by atoms with Crippen molar-refractivity contribution in [2.45, 2.75) is 44.4 Å². The second-order valence-electron chi connectivity index (χ2n) is 5.02. The van der Waals surface area contributed by atoms with Gasteiger partial charge in [-0.15, -0.1) is 0 Å². The summed E-state index contributed by atoms with van der Waals surface area (Å²) in [4.78, 5) is 0. The highest BCUT2D eigenvalue weighted by atomic mass is 16.5. The average Bonchev–Trinajstić information content (AvgIpc) is 2.23. The van der Waals surface area contributed by atoms with Gasteiger partial charge in [0.2, 0.25) is 0 Å². The monoisotopic (exact) mass is 231 g/mol. The van der Waals surface area contributed by atoms with Gasteiger partial charge in [0, 0.05) is 33.4 Å². The lowest BCUT2D eigenvalue weighted by atomic mass is 9.94. The Balaban J connectivity index is 2.26. The van der Waals surface area contributed by atoms with Crippen molar-refractivity contribution in [2.75, 3.05) is 34.0 Å². The van der Waals surface area contributed by atoms with Gasteiger partial charge in [0.1, 0.15) is 0 Å². The van der Waals surface area contributed by atoms with Crippen LogP contribution in [0.4, 0.5) is 0 Å². The van der Waals surface area contributed by atoms with E-state index in [0.717, 1.165) is 26.0 Å². The van der Waals surface area contributed by atoms with Gasteiger partial charge >= 0.3 is 0 Å². The van der Waals surface area contributed by atoms with Crippen molar-refractivity contribution in [3.05, 3.63) is 0 Å². The molecule has 0 saturated carbocycles. The van der Waals surface area contributed by atoms with Crippen LogP contribution >= 0.6 is 0 Å². The second kappa shape index (κ2) is 6.55. The van der Waals surface area contributed by atoms with Crippen molar-refractivity contribution in [1.29, 1.82) is 0 Å². The van der Waals surface area contributed by atoms with E-state index in [4.69, 9.17) is 14.2 Å². The van der Waals surface area contributed by atoms with E-state index in [9.17, 15) is 0 Å². The topological polar surface area (TPSA) is 39.7 Å². The minimum absolute atomic E-state index is 0.000257. The van der Waals surface area contributed by atoms with Gasteiger partial charge < -0.3 is 19.5 Å². The van der Waals surface area contributed by atoms with E-state index in [-0.39, 0.29) is 11.7 Å². The third kappa shape index (κ3) is 4.78. The Kier molecular flexibility index (Phi) is 5.69. The molecule has 1 saturated heterocycles. The first-order valence-corrected chi connectivity index (χ1v) is 5.96. The highest BCUT2D eigenvalue weighted by Crippen LogP contribution is 2.23. The summed E-state index contributed by atoms with van der Waals surface area (Å²) in [6, 6.07) is 0.526. The molecule has 4 heteroatoms. The van der Waals surface area contributed by atoms with Crippen LogP contribution in [-0.2, 0) is 14.2 Å². The first-order chi connectivity index (χ1) is 7.57. The molecule has 1 N–H and O–H groups in total. The summed E-state index contributed by atoms with van der Waals surface area (Å²) in [5, 5.41) is 3.53. The Hall–Kier alpha value is -0.160. The molecule has 2 atom stereocenters. The molecular formula is C12H25NO3. The molecule has 0 radical (unpaired) electrons. The fraction of sp³-hybridized carbons (Fsp3) is 1.00. The molecule has 1 aliphatic heterocycles. The molecular weight excluding hydrogens is 206 g/mol. The maximum atomic E-state index is 5.68. The molecule has 0 aromatic carbocycles. The molecule has 0 aromatic rings. The third-order valence-electron chi connectivity index (χ3n) is 3.02. The maximum absolute atomic E-state index is 5.68. The van der Waals surface area contributed by atoms with Gasteiger partial charge in [0.05, 0.1) is 18.3 Å². The molecule has 0 aromatic heterocycles. The van der Waals surface area contributed by atoms with Crippen LogP contribution in [-0.4, -0.2) is 51.7 Å². The van der Waals surface area contributed by atoms with Gasteiger partial charge in [-0.05, 0) is 26.7 Å². The summed E-state index contributed by atoms with van der Waals surface area (Å²) in [6.45, 7) is 6.60. The van der Waals surface area contributed by atoms with Crippen LogP contribution < -0.4 is 5.32 Å². The molecule has 1 aliphatic rings. The molecule has 1 fully saturated rings. The predicted molar refractivity (Wildman–Crippen MR) is 63.7 cm³/mol. The molecule has 0 bridgehead atoms. The fourth-order valence-corrected chi connectivity index (χ4v) is 2.10. The van der Waals surface area contributed by atoms with E-state index < -0.39 is 0 Å². The second-order valence-corrected chi connectivity index (χ2v) is 5.02. The van der Waals surface area contributed by atoms with Crippen molar-refractivity contribution in [3.8, 4) is 0 Å². The predicted octanol–water partition coefficient (Wildman–Crippen LogP) is 1.19. The SMILES string of the molecule is COCC(CNC1CCOC(C)(C)C1)OC. The smallest absolute Gasteiger partial charge is 0.0928 e. The van der Waals surface area contributed by atoms with Gasteiger partial charge in [-0.2, -0.15) is 0 Å². The van der Waals surface area contributed by atoms with E-state index in [0.29, 0.717) is 12.6 Å². The van der Waals surface area contributed by atoms with Crippen molar-refractivity contribution >= 4 is 0 Å². The number of hydrogen-bond acceptors (Lipinski definition) is 4. The van der Waals surface area contributed by atoms with Gasteiger partial charge in [-0.3, -0.25) is 0 Å². The molecule has 1 rings (SSSR count). The van der Waals surface area contributed by atoms with Crippen LogP contribution in [0.3, 0.4) is 0 Å². The Morgan fingerprint density at radius 1 is 1.44 bits per heavy atom. The zero-order valence-corrected chi connectivity index (χ0v) is 10.9. The van der Waals surface area contributed by atoms with E-state index in [1.54, 1.807) is 14.2 Å². The van der Waals surface area contributed by atoms with Crippen molar-refractivity contribution in [1.82, 2.24) is 5.32 Å². The highest BCUT2D eigenvalue weighted by molar-refractivity contribution is 4.83. The lowest BCUT2D eigenvalue weighted by molar-refractivity contribution is -0.0651. The Labute approximate surface area is 98.6 Å². The van der Waals surface area contributed by atoms with Gasteiger partial charge in [0.25, 0.3) is 0 Å². The number of nitrogens with one attached hydrogen (secondary N) is 1. The molecule has 0 spiro atoms. The van der Waals surface area contributed by atoms with Crippen LogP contribution in [0.25, 0.3) is 0 Å². The molecule has 0 amide bonds. The molecule has 0 aliphatic carbocycles. The van der Waals surface area contributed by atoms with Crippen LogP contribution in [0.1, 0.15) is 26.7 Å². The Morgan fingerprint density at radius 3 is 2.75 bits per heavy atom. The van der Waals surface area contributed by atoms with E-state index in [2.05, 4.69) is 19.2 Å². The summed E-state index contributed by atoms with van der Waals surface area (Å²) < 4.78 is 16.1. The minimum atomic E-state index is -0.000257. The van der Waals surface area contributed by atoms with E-state index in [1.807, 2.05) is 0 Å².